The lowest BCUT2D eigenvalue weighted by atomic mass is 10.0. The number of nitrogens with zero attached hydrogens (tertiary/aromatic N) is 2. The number of ether oxygens (including phenoxy) is 1. The number of likely N-dealkylation sites (N-methyl/N-ethyl adjacent to an activating group) is 1. The average molecular weight is 566 g/mol. The van der Waals surface area contributed by atoms with Gasteiger partial charge in [-0.05, 0) is 43.5 Å². The van der Waals surface area contributed by atoms with E-state index in [-0.39, 0.29) is 37.7 Å². The Morgan fingerprint density at radius 1 is 0.950 bits per heavy atom. The molecule has 2 amide bonds. The Morgan fingerprint density at radius 3 is 2.27 bits per heavy atom. The quantitative estimate of drug-likeness (QED) is 0.314. The van der Waals surface area contributed by atoms with Gasteiger partial charge in [0.2, 0.25) is 21.8 Å². The summed E-state index contributed by atoms with van der Waals surface area (Å²) in [4.78, 5) is 28.8. The van der Waals surface area contributed by atoms with Crippen molar-refractivity contribution in [2.45, 2.75) is 45.7 Å². The lowest BCUT2D eigenvalue weighted by Crippen LogP contribution is -2.50. The second kappa shape index (κ2) is 14.5. The lowest BCUT2D eigenvalue weighted by molar-refractivity contribution is -0.141. The molecule has 0 radical (unpaired) electrons. The van der Waals surface area contributed by atoms with Gasteiger partial charge in [-0.2, -0.15) is 0 Å². The van der Waals surface area contributed by atoms with Crippen LogP contribution in [-0.4, -0.2) is 57.6 Å². The monoisotopic (exact) mass is 565 g/mol. The van der Waals surface area contributed by atoms with E-state index in [1.54, 1.807) is 29.2 Å². The number of hydrogen-bond donors (Lipinski definition) is 1. The van der Waals surface area contributed by atoms with Crippen LogP contribution in [0.25, 0.3) is 0 Å². The van der Waals surface area contributed by atoms with Gasteiger partial charge in [-0.1, -0.05) is 72.3 Å². The van der Waals surface area contributed by atoms with E-state index >= 15 is 0 Å². The van der Waals surface area contributed by atoms with Crippen molar-refractivity contribution in [3.05, 3.63) is 95.6 Å². The van der Waals surface area contributed by atoms with E-state index in [1.807, 2.05) is 68.4 Å². The van der Waals surface area contributed by atoms with E-state index in [1.165, 1.54) is 11.4 Å². The molecule has 0 aliphatic rings. The van der Waals surface area contributed by atoms with Gasteiger partial charge in [-0.15, -0.1) is 0 Å². The molecule has 0 saturated carbocycles. The van der Waals surface area contributed by atoms with Crippen molar-refractivity contribution in [2.24, 2.45) is 0 Å². The number of amides is 2. The van der Waals surface area contributed by atoms with Crippen LogP contribution >= 0.6 is 0 Å². The molecule has 3 rings (SSSR count). The van der Waals surface area contributed by atoms with Gasteiger partial charge < -0.3 is 15.0 Å². The summed E-state index contributed by atoms with van der Waals surface area (Å²) in [7, 11) is -2.15. The van der Waals surface area contributed by atoms with Crippen molar-refractivity contribution in [3.8, 4) is 5.75 Å². The van der Waals surface area contributed by atoms with E-state index < -0.39 is 16.1 Å². The minimum atomic E-state index is -3.64. The maximum Gasteiger partial charge on any atom is 0.243 e. The first-order chi connectivity index (χ1) is 19.1. The highest BCUT2D eigenvalue weighted by atomic mass is 32.2. The molecule has 40 heavy (non-hydrogen) atoms. The van der Waals surface area contributed by atoms with Crippen LogP contribution in [-0.2, 0) is 32.6 Å². The van der Waals surface area contributed by atoms with Crippen molar-refractivity contribution in [1.29, 1.82) is 0 Å². The Labute approximate surface area is 238 Å². The van der Waals surface area contributed by atoms with Gasteiger partial charge in [-0.25, -0.2) is 8.42 Å². The Morgan fingerprint density at radius 2 is 1.62 bits per heavy atom. The van der Waals surface area contributed by atoms with E-state index in [0.717, 1.165) is 22.9 Å². The summed E-state index contributed by atoms with van der Waals surface area (Å²) in [5, 5.41) is 2.89. The number of para-hydroxylation sites is 2. The molecule has 0 spiro atoms. The molecule has 9 heteroatoms. The molecule has 0 aliphatic carbocycles. The zero-order valence-corrected chi connectivity index (χ0v) is 24.5. The Bertz CT molecular complexity index is 1380. The summed E-state index contributed by atoms with van der Waals surface area (Å²) in [6.45, 7) is 4.63. The van der Waals surface area contributed by atoms with Crippen LogP contribution in [0.4, 0.5) is 5.69 Å². The molecular weight excluding hydrogens is 526 g/mol. The topological polar surface area (TPSA) is 96.0 Å². The van der Waals surface area contributed by atoms with Crippen LogP contribution < -0.4 is 14.4 Å². The predicted octanol–water partition coefficient (Wildman–Crippen LogP) is 4.33. The standard InChI is InChI=1S/C31H39N3O5S/c1-5-32-31(36)28(22-25-14-7-6-8-15-25)33(23-26-16-11-13-24(2)21-26)30(35)19-12-20-34(40(4,37)38)27-17-9-10-18-29(27)39-3/h6-11,13-18,21,28H,5,12,19-20,22-23H2,1-4H3,(H,32,36)/t28-/m0/s1. The molecule has 8 nitrogen and oxygen atoms in total. The van der Waals surface area contributed by atoms with Gasteiger partial charge in [0.05, 0.1) is 19.1 Å². The smallest absolute Gasteiger partial charge is 0.243 e. The third-order valence-corrected chi connectivity index (χ3v) is 7.74. The number of rotatable bonds is 14. The summed E-state index contributed by atoms with van der Waals surface area (Å²) in [6.07, 6.45) is 1.83. The summed E-state index contributed by atoms with van der Waals surface area (Å²) >= 11 is 0. The Balaban J connectivity index is 1.88. The number of carbonyl (C=O) groups excluding carboxylic acids is 2. The van der Waals surface area contributed by atoms with Crippen LogP contribution in [0.3, 0.4) is 0 Å². The Hall–Kier alpha value is -3.85. The van der Waals surface area contributed by atoms with Gasteiger partial charge in [0.15, 0.2) is 0 Å². The van der Waals surface area contributed by atoms with E-state index in [2.05, 4.69) is 5.32 Å². The maximum absolute atomic E-state index is 13.8. The number of sulfonamides is 1. The molecule has 0 aliphatic heterocycles. The second-order valence-electron chi connectivity index (χ2n) is 9.72. The van der Waals surface area contributed by atoms with E-state index in [0.29, 0.717) is 24.4 Å². The Kier molecular flexibility index (Phi) is 11.1. The molecule has 0 fully saturated rings. The fraction of sp³-hybridized carbons (Fsp3) is 0.355. The zero-order chi connectivity index (χ0) is 29.1. The third-order valence-electron chi connectivity index (χ3n) is 6.56. The second-order valence-corrected chi connectivity index (χ2v) is 11.6. The largest absolute Gasteiger partial charge is 0.495 e. The van der Waals surface area contributed by atoms with Crippen molar-refractivity contribution in [1.82, 2.24) is 10.2 Å². The summed E-state index contributed by atoms with van der Waals surface area (Å²) in [6, 6.07) is 23.6. The number of nitrogens with one attached hydrogen (secondary N) is 1. The van der Waals surface area contributed by atoms with E-state index in [4.69, 9.17) is 4.74 Å². The minimum Gasteiger partial charge on any atom is -0.495 e. The first kappa shape index (κ1) is 30.7. The fourth-order valence-corrected chi connectivity index (χ4v) is 5.64. The van der Waals surface area contributed by atoms with Crippen LogP contribution in [0.5, 0.6) is 5.75 Å². The first-order valence-corrected chi connectivity index (χ1v) is 15.3. The molecule has 0 heterocycles. The SMILES string of the molecule is CCNC(=O)[C@H](Cc1ccccc1)N(Cc1cccc(C)c1)C(=O)CCCN(c1ccccc1OC)S(C)(=O)=O. The molecule has 0 aromatic heterocycles. The lowest BCUT2D eigenvalue weighted by Gasteiger charge is -2.32. The van der Waals surface area contributed by atoms with Crippen molar-refractivity contribution in [3.63, 3.8) is 0 Å². The molecule has 1 N–H and O–H groups in total. The number of benzene rings is 3. The molecule has 3 aromatic rings. The minimum absolute atomic E-state index is 0.0671. The highest BCUT2D eigenvalue weighted by molar-refractivity contribution is 7.92. The highest BCUT2D eigenvalue weighted by Gasteiger charge is 2.30. The van der Waals surface area contributed by atoms with Crippen LogP contribution in [0, 0.1) is 6.92 Å². The summed E-state index contributed by atoms with van der Waals surface area (Å²) < 4.78 is 32.0. The first-order valence-electron chi connectivity index (χ1n) is 13.4. The molecular formula is C31H39N3O5S. The number of methoxy groups -OCH3 is 1. The highest BCUT2D eigenvalue weighted by Crippen LogP contribution is 2.30. The number of carbonyl (C=O) groups is 2. The molecule has 0 bridgehead atoms. The van der Waals surface area contributed by atoms with Gasteiger partial charge in [0, 0.05) is 32.5 Å². The molecule has 0 saturated heterocycles. The number of hydrogen-bond acceptors (Lipinski definition) is 5. The third kappa shape index (κ3) is 8.58. The van der Waals surface area contributed by atoms with Crippen molar-refractivity contribution >= 4 is 27.5 Å². The number of anilines is 1. The van der Waals surface area contributed by atoms with Crippen LogP contribution in [0.15, 0.2) is 78.9 Å². The fourth-order valence-electron chi connectivity index (χ4n) is 4.67. The van der Waals surface area contributed by atoms with Gasteiger partial charge in [-0.3, -0.25) is 13.9 Å². The van der Waals surface area contributed by atoms with Crippen LogP contribution in [0.1, 0.15) is 36.5 Å². The van der Waals surface area contributed by atoms with Gasteiger partial charge in [0.25, 0.3) is 0 Å². The predicted molar refractivity (Wildman–Crippen MR) is 159 cm³/mol. The normalized spacial score (nSPS) is 11.9. The zero-order valence-electron chi connectivity index (χ0n) is 23.7. The van der Waals surface area contributed by atoms with Crippen molar-refractivity contribution in [2.75, 3.05) is 30.8 Å². The van der Waals surface area contributed by atoms with Crippen LogP contribution in [0.2, 0.25) is 0 Å². The molecule has 0 unspecified atom stereocenters. The molecule has 1 atom stereocenters. The molecule has 214 valence electrons. The summed E-state index contributed by atoms with van der Waals surface area (Å²) in [5.74, 6) is -0.0132. The maximum atomic E-state index is 13.8. The van der Waals surface area contributed by atoms with Crippen molar-refractivity contribution < 1.29 is 22.7 Å². The van der Waals surface area contributed by atoms with E-state index in [9.17, 15) is 18.0 Å². The van der Waals surface area contributed by atoms with Gasteiger partial charge >= 0.3 is 0 Å². The van der Waals surface area contributed by atoms with Gasteiger partial charge in [0.1, 0.15) is 11.8 Å². The summed E-state index contributed by atoms with van der Waals surface area (Å²) in [5.41, 5.74) is 3.34. The molecule has 3 aromatic carbocycles. The number of aryl methyl sites for hydroxylation is 1. The average Bonchev–Trinajstić information content (AvgIpc) is 2.93.